The molecule has 17 heavy (non-hydrogen) atoms. The molecule has 2 saturated heterocycles. The Morgan fingerprint density at radius 1 is 1.47 bits per heavy atom. The second-order valence-electron chi connectivity index (χ2n) is 4.48. The summed E-state index contributed by atoms with van der Waals surface area (Å²) >= 11 is 1.87. The second-order valence-corrected chi connectivity index (χ2v) is 5.63. The van der Waals surface area contributed by atoms with Gasteiger partial charge in [0, 0.05) is 37.1 Å². The number of carbonyl (C=O) groups excluding carboxylic acids is 2. The zero-order chi connectivity index (χ0) is 12.1. The van der Waals surface area contributed by atoms with Gasteiger partial charge in [-0.15, -0.1) is 0 Å². The van der Waals surface area contributed by atoms with Crippen molar-refractivity contribution in [3.8, 4) is 0 Å². The average Bonchev–Trinajstić information content (AvgIpc) is 2.33. The molecule has 2 heterocycles. The second kappa shape index (κ2) is 6.26. The molecule has 0 aromatic heterocycles. The highest BCUT2D eigenvalue weighted by Gasteiger charge is 2.25. The van der Waals surface area contributed by atoms with Crippen LogP contribution >= 0.6 is 11.8 Å². The van der Waals surface area contributed by atoms with Gasteiger partial charge in [0.1, 0.15) is 6.04 Å². The maximum absolute atomic E-state index is 11.8. The fourth-order valence-corrected chi connectivity index (χ4v) is 3.09. The van der Waals surface area contributed by atoms with Gasteiger partial charge in [-0.1, -0.05) is 0 Å². The van der Waals surface area contributed by atoms with E-state index in [1.165, 1.54) is 0 Å². The van der Waals surface area contributed by atoms with Crippen LogP contribution in [-0.4, -0.2) is 48.5 Å². The summed E-state index contributed by atoms with van der Waals surface area (Å²) in [6.45, 7) is 1.69. The maximum Gasteiger partial charge on any atom is 0.242 e. The molecular formula is C11H19N3O2S. The van der Waals surface area contributed by atoms with Crippen LogP contribution in [0.5, 0.6) is 0 Å². The Morgan fingerprint density at radius 2 is 2.35 bits per heavy atom. The van der Waals surface area contributed by atoms with Crippen molar-refractivity contribution in [3.63, 3.8) is 0 Å². The summed E-state index contributed by atoms with van der Waals surface area (Å²) in [5.74, 6) is 2.02. The first-order chi connectivity index (χ1) is 8.25. The van der Waals surface area contributed by atoms with Gasteiger partial charge in [-0.3, -0.25) is 9.59 Å². The van der Waals surface area contributed by atoms with Crippen LogP contribution in [-0.2, 0) is 9.59 Å². The molecule has 2 amide bonds. The van der Waals surface area contributed by atoms with Crippen molar-refractivity contribution in [2.75, 3.05) is 24.6 Å². The lowest BCUT2D eigenvalue weighted by Gasteiger charge is -2.25. The van der Waals surface area contributed by atoms with Crippen molar-refractivity contribution in [2.45, 2.75) is 31.3 Å². The predicted molar refractivity (Wildman–Crippen MR) is 67.9 cm³/mol. The summed E-state index contributed by atoms with van der Waals surface area (Å²) in [6.07, 6.45) is 2.16. The van der Waals surface area contributed by atoms with Crippen LogP contribution in [0.25, 0.3) is 0 Å². The largest absolute Gasteiger partial charge is 0.354 e. The minimum Gasteiger partial charge on any atom is -0.354 e. The average molecular weight is 257 g/mol. The molecule has 0 saturated carbocycles. The lowest BCUT2D eigenvalue weighted by Crippen LogP contribution is -2.51. The number of piperidine rings is 1. The Bertz CT molecular complexity index is 292. The van der Waals surface area contributed by atoms with Crippen LogP contribution in [0.1, 0.15) is 19.3 Å². The molecule has 0 aromatic rings. The summed E-state index contributed by atoms with van der Waals surface area (Å²) in [6, 6.07) is -0.0760. The van der Waals surface area contributed by atoms with Gasteiger partial charge in [-0.25, -0.2) is 0 Å². The highest BCUT2D eigenvalue weighted by molar-refractivity contribution is 7.99. The first kappa shape index (κ1) is 12.7. The van der Waals surface area contributed by atoms with Gasteiger partial charge >= 0.3 is 0 Å². The third-order valence-corrected chi connectivity index (χ3v) is 4.18. The Morgan fingerprint density at radius 3 is 3.06 bits per heavy atom. The maximum atomic E-state index is 11.8. The molecule has 6 heteroatoms. The highest BCUT2D eigenvalue weighted by atomic mass is 32.2. The van der Waals surface area contributed by atoms with Crippen molar-refractivity contribution in [1.29, 1.82) is 0 Å². The molecule has 0 aromatic carbocycles. The first-order valence-electron chi connectivity index (χ1n) is 6.14. The molecule has 0 spiro atoms. The highest BCUT2D eigenvalue weighted by Crippen LogP contribution is 2.10. The van der Waals surface area contributed by atoms with Crippen molar-refractivity contribution >= 4 is 23.6 Å². The van der Waals surface area contributed by atoms with Crippen LogP contribution in [0.15, 0.2) is 0 Å². The molecule has 3 N–H and O–H groups in total. The molecule has 2 unspecified atom stereocenters. The lowest BCUT2D eigenvalue weighted by molar-refractivity contribution is -0.130. The summed E-state index contributed by atoms with van der Waals surface area (Å²) in [5.41, 5.74) is 0. The fraction of sp³-hybridized carbons (Fsp3) is 0.818. The third kappa shape index (κ3) is 3.89. The van der Waals surface area contributed by atoms with Crippen molar-refractivity contribution < 1.29 is 9.59 Å². The number of nitrogens with one attached hydrogen (secondary N) is 3. The van der Waals surface area contributed by atoms with Crippen molar-refractivity contribution in [2.24, 2.45) is 0 Å². The van der Waals surface area contributed by atoms with E-state index in [-0.39, 0.29) is 23.9 Å². The van der Waals surface area contributed by atoms with E-state index in [9.17, 15) is 9.59 Å². The van der Waals surface area contributed by atoms with Crippen LogP contribution in [0, 0.1) is 0 Å². The van der Waals surface area contributed by atoms with E-state index in [0.29, 0.717) is 6.42 Å². The molecule has 2 fully saturated rings. The first-order valence-corrected chi connectivity index (χ1v) is 7.29. The quantitative estimate of drug-likeness (QED) is 0.636. The number of hydrogen-bond acceptors (Lipinski definition) is 4. The third-order valence-electron chi connectivity index (χ3n) is 3.05. The van der Waals surface area contributed by atoms with E-state index in [2.05, 4.69) is 16.0 Å². The van der Waals surface area contributed by atoms with E-state index in [1.54, 1.807) is 0 Å². The SMILES string of the molecule is O=C(CC1CSCCN1)NC1CCCNC1=O. The molecule has 5 nitrogen and oxygen atoms in total. The summed E-state index contributed by atoms with van der Waals surface area (Å²) in [4.78, 5) is 23.3. The molecule has 96 valence electrons. The number of rotatable bonds is 3. The van der Waals surface area contributed by atoms with Gasteiger partial charge < -0.3 is 16.0 Å². The van der Waals surface area contributed by atoms with Crippen LogP contribution in [0.3, 0.4) is 0 Å². The van der Waals surface area contributed by atoms with E-state index in [1.807, 2.05) is 11.8 Å². The summed E-state index contributed by atoms with van der Waals surface area (Å²) < 4.78 is 0. The molecular weight excluding hydrogens is 238 g/mol. The number of amides is 2. The number of thioether (sulfide) groups is 1. The normalized spacial score (nSPS) is 29.5. The van der Waals surface area contributed by atoms with Crippen molar-refractivity contribution in [1.82, 2.24) is 16.0 Å². The lowest BCUT2D eigenvalue weighted by atomic mass is 10.1. The van der Waals surface area contributed by atoms with E-state index in [0.717, 1.165) is 37.4 Å². The van der Waals surface area contributed by atoms with E-state index >= 15 is 0 Å². The van der Waals surface area contributed by atoms with Gasteiger partial charge in [-0.05, 0) is 12.8 Å². The predicted octanol–water partition coefficient (Wildman–Crippen LogP) is -0.524. The molecule has 0 bridgehead atoms. The van der Waals surface area contributed by atoms with Crippen molar-refractivity contribution in [3.05, 3.63) is 0 Å². The zero-order valence-corrected chi connectivity index (χ0v) is 10.6. The number of hydrogen-bond donors (Lipinski definition) is 3. The fourth-order valence-electron chi connectivity index (χ4n) is 2.14. The zero-order valence-electron chi connectivity index (χ0n) is 9.83. The molecule has 0 aliphatic carbocycles. The van der Waals surface area contributed by atoms with Crippen LogP contribution in [0.4, 0.5) is 0 Å². The van der Waals surface area contributed by atoms with Gasteiger partial charge in [0.2, 0.25) is 11.8 Å². The van der Waals surface area contributed by atoms with Gasteiger partial charge in [0.15, 0.2) is 0 Å². The van der Waals surface area contributed by atoms with Crippen LogP contribution in [0.2, 0.25) is 0 Å². The minimum absolute atomic E-state index is 0.0212. The molecule has 0 radical (unpaired) electrons. The Balaban J connectivity index is 1.74. The molecule has 2 aliphatic heterocycles. The Labute approximate surface area is 105 Å². The topological polar surface area (TPSA) is 70.2 Å². The number of carbonyl (C=O) groups is 2. The van der Waals surface area contributed by atoms with Gasteiger partial charge in [0.25, 0.3) is 0 Å². The van der Waals surface area contributed by atoms with Crippen LogP contribution < -0.4 is 16.0 Å². The molecule has 2 aliphatic rings. The Kier molecular flexibility index (Phi) is 4.67. The van der Waals surface area contributed by atoms with Gasteiger partial charge in [0.05, 0.1) is 0 Å². The Hall–Kier alpha value is -0.750. The van der Waals surface area contributed by atoms with Gasteiger partial charge in [-0.2, -0.15) is 11.8 Å². The van der Waals surface area contributed by atoms with E-state index in [4.69, 9.17) is 0 Å². The minimum atomic E-state index is -0.326. The monoisotopic (exact) mass is 257 g/mol. The summed E-state index contributed by atoms with van der Waals surface area (Å²) in [5, 5.41) is 8.90. The smallest absolute Gasteiger partial charge is 0.242 e. The molecule has 2 atom stereocenters. The summed E-state index contributed by atoms with van der Waals surface area (Å²) in [7, 11) is 0. The van der Waals surface area contributed by atoms with E-state index < -0.39 is 0 Å². The standard InChI is InChI=1S/C11H19N3O2S/c15-10(6-8-7-17-5-4-12-8)14-9-2-1-3-13-11(9)16/h8-9,12H,1-7H2,(H,13,16)(H,14,15). The molecule has 2 rings (SSSR count).